The van der Waals surface area contributed by atoms with E-state index in [1.54, 1.807) is 12.3 Å². The van der Waals surface area contributed by atoms with Gasteiger partial charge < -0.3 is 10.3 Å². The summed E-state index contributed by atoms with van der Waals surface area (Å²) in [6.07, 6.45) is 3.92. The SMILES string of the molecule is Nc1ccc(-c2nnc3n2CCC3)cn1. The monoisotopic (exact) mass is 201 g/mol. The van der Waals surface area contributed by atoms with Crippen molar-refractivity contribution in [2.45, 2.75) is 19.4 Å². The molecule has 3 rings (SSSR count). The maximum atomic E-state index is 5.54. The summed E-state index contributed by atoms with van der Waals surface area (Å²) in [7, 11) is 0. The molecule has 0 aromatic carbocycles. The molecule has 1 aliphatic rings. The lowest BCUT2D eigenvalue weighted by molar-refractivity contribution is 0.748. The second-order valence-corrected chi connectivity index (χ2v) is 3.67. The van der Waals surface area contributed by atoms with Crippen LogP contribution in [0.3, 0.4) is 0 Å². The fourth-order valence-electron chi connectivity index (χ4n) is 1.90. The molecule has 0 fully saturated rings. The Labute approximate surface area is 87.0 Å². The average molecular weight is 201 g/mol. The van der Waals surface area contributed by atoms with E-state index in [2.05, 4.69) is 19.7 Å². The van der Waals surface area contributed by atoms with Crippen LogP contribution >= 0.6 is 0 Å². The lowest BCUT2D eigenvalue weighted by Gasteiger charge is -2.02. The number of fused-ring (bicyclic) bond motifs is 1. The molecule has 0 bridgehead atoms. The highest BCUT2D eigenvalue weighted by Crippen LogP contribution is 2.22. The summed E-state index contributed by atoms with van der Waals surface area (Å²) in [5.41, 5.74) is 6.52. The Hall–Kier alpha value is -1.91. The first-order valence-corrected chi connectivity index (χ1v) is 4.98. The van der Waals surface area contributed by atoms with Gasteiger partial charge in [-0.15, -0.1) is 10.2 Å². The minimum atomic E-state index is 0.528. The third kappa shape index (κ3) is 1.27. The molecule has 5 heteroatoms. The van der Waals surface area contributed by atoms with Crippen LogP contribution < -0.4 is 5.73 Å². The second kappa shape index (κ2) is 3.05. The number of aromatic nitrogens is 4. The molecule has 0 saturated heterocycles. The summed E-state index contributed by atoms with van der Waals surface area (Å²) in [6.45, 7) is 1.00. The highest BCUT2D eigenvalue weighted by atomic mass is 15.3. The van der Waals surface area contributed by atoms with Crippen molar-refractivity contribution in [2.75, 3.05) is 5.73 Å². The van der Waals surface area contributed by atoms with E-state index >= 15 is 0 Å². The largest absolute Gasteiger partial charge is 0.384 e. The van der Waals surface area contributed by atoms with Crippen LogP contribution in [0.25, 0.3) is 11.4 Å². The number of pyridine rings is 1. The standard InChI is InChI=1S/C10H11N5/c11-8-4-3-7(6-12-8)10-14-13-9-2-1-5-15(9)10/h3-4,6H,1-2,5H2,(H2,11,12). The minimum absolute atomic E-state index is 0.528. The van der Waals surface area contributed by atoms with Crippen molar-refractivity contribution >= 4 is 5.82 Å². The van der Waals surface area contributed by atoms with Gasteiger partial charge in [0.05, 0.1) is 0 Å². The Morgan fingerprint density at radius 1 is 1.27 bits per heavy atom. The third-order valence-electron chi connectivity index (χ3n) is 2.65. The summed E-state index contributed by atoms with van der Waals surface area (Å²) >= 11 is 0. The zero-order chi connectivity index (χ0) is 10.3. The topological polar surface area (TPSA) is 69.6 Å². The van der Waals surface area contributed by atoms with E-state index in [1.165, 1.54) is 0 Å². The van der Waals surface area contributed by atoms with Crippen LogP contribution in [0.4, 0.5) is 5.82 Å². The van der Waals surface area contributed by atoms with Crippen molar-refractivity contribution in [3.05, 3.63) is 24.2 Å². The fourth-order valence-corrected chi connectivity index (χ4v) is 1.90. The molecule has 0 saturated carbocycles. The van der Waals surface area contributed by atoms with Gasteiger partial charge in [0, 0.05) is 24.7 Å². The number of hydrogen-bond acceptors (Lipinski definition) is 4. The molecular weight excluding hydrogens is 190 g/mol. The summed E-state index contributed by atoms with van der Waals surface area (Å²) < 4.78 is 2.15. The van der Waals surface area contributed by atoms with E-state index in [9.17, 15) is 0 Å². The quantitative estimate of drug-likeness (QED) is 0.743. The molecular formula is C10H11N5. The molecule has 2 aromatic rings. The normalized spacial score (nSPS) is 14.1. The maximum absolute atomic E-state index is 5.54. The zero-order valence-electron chi connectivity index (χ0n) is 8.22. The Balaban J connectivity index is 2.09. The maximum Gasteiger partial charge on any atom is 0.165 e. The van der Waals surface area contributed by atoms with Crippen molar-refractivity contribution in [3.8, 4) is 11.4 Å². The fraction of sp³-hybridized carbons (Fsp3) is 0.300. The van der Waals surface area contributed by atoms with E-state index < -0.39 is 0 Å². The van der Waals surface area contributed by atoms with E-state index in [-0.39, 0.29) is 0 Å². The van der Waals surface area contributed by atoms with Gasteiger partial charge in [-0.3, -0.25) is 0 Å². The summed E-state index contributed by atoms with van der Waals surface area (Å²) in [5, 5.41) is 8.32. The van der Waals surface area contributed by atoms with E-state index in [0.717, 1.165) is 36.6 Å². The highest BCUT2D eigenvalue weighted by molar-refractivity contribution is 5.55. The molecule has 1 aliphatic heterocycles. The van der Waals surface area contributed by atoms with Gasteiger partial charge in [0.15, 0.2) is 5.82 Å². The number of nitrogens with zero attached hydrogens (tertiary/aromatic N) is 4. The first-order chi connectivity index (χ1) is 7.34. The molecule has 2 N–H and O–H groups in total. The van der Waals surface area contributed by atoms with Crippen molar-refractivity contribution in [1.29, 1.82) is 0 Å². The number of nitrogen functional groups attached to an aromatic ring is 1. The first kappa shape index (κ1) is 8.40. The van der Waals surface area contributed by atoms with Crippen molar-refractivity contribution in [3.63, 3.8) is 0 Å². The molecule has 0 radical (unpaired) electrons. The first-order valence-electron chi connectivity index (χ1n) is 4.98. The summed E-state index contributed by atoms with van der Waals surface area (Å²) in [4.78, 5) is 4.06. The van der Waals surface area contributed by atoms with Crippen LogP contribution in [0.5, 0.6) is 0 Å². The van der Waals surface area contributed by atoms with E-state index in [4.69, 9.17) is 5.73 Å². The molecule has 15 heavy (non-hydrogen) atoms. The van der Waals surface area contributed by atoms with E-state index in [1.807, 2.05) is 6.07 Å². The minimum Gasteiger partial charge on any atom is -0.384 e. The smallest absolute Gasteiger partial charge is 0.165 e. The predicted octanol–water partition coefficient (Wildman–Crippen LogP) is 0.868. The average Bonchev–Trinajstić information content (AvgIpc) is 2.80. The molecule has 3 heterocycles. The molecule has 0 amide bonds. The highest BCUT2D eigenvalue weighted by Gasteiger charge is 2.18. The molecule has 5 nitrogen and oxygen atoms in total. The lowest BCUT2D eigenvalue weighted by atomic mass is 10.2. The number of rotatable bonds is 1. The van der Waals surface area contributed by atoms with Crippen molar-refractivity contribution < 1.29 is 0 Å². The molecule has 76 valence electrons. The Kier molecular flexibility index (Phi) is 1.71. The second-order valence-electron chi connectivity index (χ2n) is 3.67. The molecule has 2 aromatic heterocycles. The van der Waals surface area contributed by atoms with Crippen molar-refractivity contribution in [2.24, 2.45) is 0 Å². The van der Waals surface area contributed by atoms with E-state index in [0.29, 0.717) is 5.82 Å². The summed E-state index contributed by atoms with van der Waals surface area (Å²) in [6, 6.07) is 3.71. The van der Waals surface area contributed by atoms with Crippen LogP contribution in [0.15, 0.2) is 18.3 Å². The Morgan fingerprint density at radius 3 is 3.00 bits per heavy atom. The van der Waals surface area contributed by atoms with Crippen LogP contribution in [-0.2, 0) is 13.0 Å². The number of nitrogens with two attached hydrogens (primary N) is 1. The molecule has 0 spiro atoms. The number of aryl methyl sites for hydroxylation is 1. The zero-order valence-corrected chi connectivity index (χ0v) is 8.22. The Morgan fingerprint density at radius 2 is 2.20 bits per heavy atom. The number of anilines is 1. The predicted molar refractivity (Wildman–Crippen MR) is 56.0 cm³/mol. The lowest BCUT2D eigenvalue weighted by Crippen LogP contribution is -1.97. The van der Waals surface area contributed by atoms with Crippen LogP contribution in [0, 0.1) is 0 Å². The van der Waals surface area contributed by atoms with Gasteiger partial charge in [0.1, 0.15) is 11.6 Å². The molecule has 0 atom stereocenters. The molecule has 0 aliphatic carbocycles. The van der Waals surface area contributed by atoms with Crippen molar-refractivity contribution in [1.82, 2.24) is 19.7 Å². The Bertz CT molecular complexity index is 485. The van der Waals surface area contributed by atoms with Gasteiger partial charge in [-0.2, -0.15) is 0 Å². The van der Waals surface area contributed by atoms with Gasteiger partial charge in [0.25, 0.3) is 0 Å². The van der Waals surface area contributed by atoms with Gasteiger partial charge >= 0.3 is 0 Å². The van der Waals surface area contributed by atoms with Gasteiger partial charge in [-0.25, -0.2) is 4.98 Å². The van der Waals surface area contributed by atoms with Gasteiger partial charge in [0.2, 0.25) is 0 Å². The van der Waals surface area contributed by atoms with Gasteiger partial charge in [-0.05, 0) is 18.6 Å². The van der Waals surface area contributed by atoms with Crippen LogP contribution in [0.1, 0.15) is 12.2 Å². The van der Waals surface area contributed by atoms with Crippen LogP contribution in [-0.4, -0.2) is 19.7 Å². The third-order valence-corrected chi connectivity index (χ3v) is 2.65. The van der Waals surface area contributed by atoms with Crippen LogP contribution in [0.2, 0.25) is 0 Å². The molecule has 0 unspecified atom stereocenters. The number of hydrogen-bond donors (Lipinski definition) is 1. The van der Waals surface area contributed by atoms with Gasteiger partial charge in [-0.1, -0.05) is 0 Å². The summed E-state index contributed by atoms with van der Waals surface area (Å²) in [5.74, 6) is 2.50.